The Morgan fingerprint density at radius 2 is 1.09 bits per heavy atom. The van der Waals surface area contributed by atoms with Crippen molar-refractivity contribution in [1.82, 2.24) is 0 Å². The molecular formula is C61H39NO2S. The van der Waals surface area contributed by atoms with E-state index in [9.17, 15) is 0 Å². The second kappa shape index (κ2) is 13.5. The lowest BCUT2D eigenvalue weighted by molar-refractivity contribution is 0.660. The Labute approximate surface area is 379 Å². The number of rotatable bonds is 5. The fourth-order valence-corrected chi connectivity index (χ4v) is 12.1. The molecule has 0 spiro atoms. The van der Waals surface area contributed by atoms with E-state index in [0.717, 1.165) is 72.1 Å². The molecule has 0 saturated heterocycles. The van der Waals surface area contributed by atoms with Crippen molar-refractivity contribution < 1.29 is 8.83 Å². The summed E-state index contributed by atoms with van der Waals surface area (Å²) < 4.78 is 16.3. The largest absolute Gasteiger partial charge is 0.456 e. The molecule has 1 aliphatic rings. The molecule has 1 aliphatic carbocycles. The minimum absolute atomic E-state index is 0.151. The van der Waals surface area contributed by atoms with Crippen molar-refractivity contribution in [1.29, 1.82) is 0 Å². The van der Waals surface area contributed by atoms with Crippen LogP contribution in [0, 0.1) is 0 Å². The summed E-state index contributed by atoms with van der Waals surface area (Å²) >= 11 is 1.87. The molecule has 0 amide bonds. The molecule has 13 aromatic rings. The van der Waals surface area contributed by atoms with Crippen molar-refractivity contribution >= 4 is 103 Å². The highest BCUT2D eigenvalue weighted by Crippen LogP contribution is 2.52. The Kier molecular flexibility index (Phi) is 7.62. The summed E-state index contributed by atoms with van der Waals surface area (Å²) in [6.07, 6.45) is 0. The Morgan fingerprint density at radius 1 is 0.415 bits per heavy atom. The number of anilines is 3. The van der Waals surface area contributed by atoms with Crippen LogP contribution in [0.1, 0.15) is 25.0 Å². The van der Waals surface area contributed by atoms with Gasteiger partial charge in [-0.3, -0.25) is 0 Å². The van der Waals surface area contributed by atoms with Crippen molar-refractivity contribution in [2.45, 2.75) is 19.3 Å². The van der Waals surface area contributed by atoms with Crippen molar-refractivity contribution in [3.63, 3.8) is 0 Å². The van der Waals surface area contributed by atoms with Crippen LogP contribution in [0.15, 0.2) is 209 Å². The number of benzene rings is 10. The van der Waals surface area contributed by atoms with E-state index < -0.39 is 0 Å². The van der Waals surface area contributed by atoms with Crippen LogP contribution in [0.3, 0.4) is 0 Å². The molecule has 0 radical (unpaired) electrons. The lowest BCUT2D eigenvalue weighted by atomic mass is 9.82. The number of thiophene rings is 1. The van der Waals surface area contributed by atoms with Crippen molar-refractivity contribution in [2.75, 3.05) is 4.90 Å². The fourth-order valence-electron chi connectivity index (χ4n) is 10.9. The third-order valence-corrected chi connectivity index (χ3v) is 15.3. The van der Waals surface area contributed by atoms with E-state index in [-0.39, 0.29) is 5.41 Å². The van der Waals surface area contributed by atoms with E-state index in [1.807, 2.05) is 17.4 Å². The minimum Gasteiger partial charge on any atom is -0.456 e. The summed E-state index contributed by atoms with van der Waals surface area (Å²) in [4.78, 5) is 2.41. The van der Waals surface area contributed by atoms with Crippen molar-refractivity contribution in [3.8, 4) is 33.4 Å². The Balaban J connectivity index is 0.978. The molecule has 10 aromatic carbocycles. The third-order valence-electron chi connectivity index (χ3n) is 14.0. The van der Waals surface area contributed by atoms with Crippen LogP contribution in [0.25, 0.3) is 108 Å². The van der Waals surface area contributed by atoms with Crippen molar-refractivity contribution in [2.24, 2.45) is 0 Å². The average molecular weight is 850 g/mol. The Morgan fingerprint density at radius 3 is 2.00 bits per heavy atom. The molecule has 306 valence electrons. The van der Waals surface area contributed by atoms with Crippen LogP contribution in [0.5, 0.6) is 0 Å². The highest BCUT2D eigenvalue weighted by atomic mass is 32.1. The molecule has 14 rings (SSSR count). The molecule has 65 heavy (non-hydrogen) atoms. The first-order valence-corrected chi connectivity index (χ1v) is 23.1. The van der Waals surface area contributed by atoms with Gasteiger partial charge in [-0.25, -0.2) is 0 Å². The fraction of sp³-hybridized carbons (Fsp3) is 0.0492. The van der Waals surface area contributed by atoms with E-state index in [1.54, 1.807) is 0 Å². The summed E-state index contributed by atoms with van der Waals surface area (Å²) in [7, 11) is 0. The van der Waals surface area contributed by atoms with Crippen LogP contribution >= 0.6 is 11.3 Å². The summed E-state index contributed by atoms with van der Waals surface area (Å²) in [6.45, 7) is 4.70. The maximum absolute atomic E-state index is 7.01. The molecule has 3 heterocycles. The second-order valence-corrected chi connectivity index (χ2v) is 19.1. The van der Waals surface area contributed by atoms with Gasteiger partial charge in [0.2, 0.25) is 0 Å². The molecule has 0 atom stereocenters. The monoisotopic (exact) mass is 849 g/mol. The average Bonchev–Trinajstić information content (AvgIpc) is 4.09. The maximum atomic E-state index is 7.01. The zero-order valence-electron chi connectivity index (χ0n) is 35.7. The smallest absolute Gasteiger partial charge is 0.144 e. The van der Waals surface area contributed by atoms with E-state index in [0.29, 0.717) is 0 Å². The molecule has 0 saturated carbocycles. The van der Waals surface area contributed by atoms with Gasteiger partial charge in [0.05, 0.1) is 0 Å². The van der Waals surface area contributed by atoms with Crippen molar-refractivity contribution in [3.05, 3.63) is 211 Å². The maximum Gasteiger partial charge on any atom is 0.144 e. The summed E-state index contributed by atoms with van der Waals surface area (Å²) in [5, 5.41) is 9.21. The summed E-state index contributed by atoms with van der Waals surface area (Å²) in [6, 6.07) is 72.9. The van der Waals surface area contributed by atoms with Gasteiger partial charge in [0.1, 0.15) is 22.3 Å². The molecule has 0 unspecified atom stereocenters. The molecule has 0 fully saturated rings. The number of nitrogens with zero attached hydrogens (tertiary/aromatic N) is 1. The number of hydrogen-bond acceptors (Lipinski definition) is 4. The minimum atomic E-state index is -0.151. The molecule has 0 aliphatic heterocycles. The lowest BCUT2D eigenvalue weighted by Crippen LogP contribution is -2.16. The lowest BCUT2D eigenvalue weighted by Gasteiger charge is -2.28. The van der Waals surface area contributed by atoms with E-state index in [1.165, 1.54) is 64.3 Å². The third kappa shape index (κ3) is 5.35. The van der Waals surface area contributed by atoms with Gasteiger partial charge in [-0.05, 0) is 116 Å². The topological polar surface area (TPSA) is 29.5 Å². The zero-order chi connectivity index (χ0) is 43.0. The predicted molar refractivity (Wildman–Crippen MR) is 275 cm³/mol. The molecule has 0 bridgehead atoms. The highest BCUT2D eigenvalue weighted by molar-refractivity contribution is 7.26. The normalized spacial score (nSPS) is 13.2. The summed E-state index contributed by atoms with van der Waals surface area (Å²) in [5.41, 5.74) is 16.4. The van der Waals surface area contributed by atoms with Crippen LogP contribution in [0.4, 0.5) is 17.1 Å². The van der Waals surface area contributed by atoms with Gasteiger partial charge in [0.15, 0.2) is 0 Å². The summed E-state index contributed by atoms with van der Waals surface area (Å²) in [5.74, 6) is 0. The zero-order valence-corrected chi connectivity index (χ0v) is 36.5. The van der Waals surface area contributed by atoms with E-state index in [4.69, 9.17) is 8.83 Å². The van der Waals surface area contributed by atoms with E-state index in [2.05, 4.69) is 213 Å². The van der Waals surface area contributed by atoms with Gasteiger partial charge < -0.3 is 13.7 Å². The number of hydrogen-bond donors (Lipinski definition) is 0. The first kappa shape index (κ1) is 36.6. The Bertz CT molecular complexity index is 4110. The van der Waals surface area contributed by atoms with Gasteiger partial charge in [-0.15, -0.1) is 11.3 Å². The van der Waals surface area contributed by atoms with Crippen LogP contribution in [0.2, 0.25) is 0 Å². The first-order valence-electron chi connectivity index (χ1n) is 22.3. The standard InChI is InChI=1S/C61H39NO2S/c1-61(2)51-19-8-5-14-44(51)45-30-28-42(34-52(45)61)62(40-26-24-37(25-27-40)43-17-11-18-47-46-15-7-10-21-56(46)65-60(43)47)41-29-31-54-49(33-41)50-35-55-58(48-16-6-9-20-53(48)63-55)57(59(50)64-54)39-23-22-36-12-3-4-13-38(36)32-39/h3-35H,1-2H3. The van der Waals surface area contributed by atoms with Gasteiger partial charge in [0, 0.05) is 69.8 Å². The predicted octanol–water partition coefficient (Wildman–Crippen LogP) is 18.1. The molecule has 4 heteroatoms. The van der Waals surface area contributed by atoms with Gasteiger partial charge in [0.25, 0.3) is 0 Å². The Hall–Kier alpha value is -7.92. The van der Waals surface area contributed by atoms with Crippen LogP contribution < -0.4 is 4.90 Å². The number of fused-ring (bicyclic) bond motifs is 13. The van der Waals surface area contributed by atoms with E-state index >= 15 is 0 Å². The highest BCUT2D eigenvalue weighted by Gasteiger charge is 2.36. The molecule has 3 nitrogen and oxygen atoms in total. The van der Waals surface area contributed by atoms with Gasteiger partial charge >= 0.3 is 0 Å². The quantitative estimate of drug-likeness (QED) is 0.173. The van der Waals surface area contributed by atoms with Gasteiger partial charge in [-0.2, -0.15) is 0 Å². The second-order valence-electron chi connectivity index (χ2n) is 18.0. The molecule has 0 N–H and O–H groups in total. The van der Waals surface area contributed by atoms with Gasteiger partial charge in [-0.1, -0.05) is 147 Å². The molecular weight excluding hydrogens is 811 g/mol. The van der Waals surface area contributed by atoms with Crippen LogP contribution in [-0.4, -0.2) is 0 Å². The number of para-hydroxylation sites is 1. The number of furan rings is 2. The van der Waals surface area contributed by atoms with Crippen LogP contribution in [-0.2, 0) is 5.41 Å². The first-order chi connectivity index (χ1) is 32.0. The SMILES string of the molecule is CC1(C)c2ccccc2-c2ccc(N(c3ccc(-c4cccc5c4sc4ccccc45)cc3)c3ccc4oc5c(-c6ccc7ccccc7c6)c6c(cc5c4c3)oc3ccccc36)cc21. The molecule has 3 aromatic heterocycles.